The van der Waals surface area contributed by atoms with Crippen molar-refractivity contribution in [3.8, 4) is 0 Å². The third kappa shape index (κ3) is 2.38. The van der Waals surface area contributed by atoms with Crippen LogP contribution in [0.4, 0.5) is 0 Å². The molecule has 0 aromatic heterocycles. The Hall–Kier alpha value is 0.383. The van der Waals surface area contributed by atoms with Gasteiger partial charge in [0.1, 0.15) is 0 Å². The van der Waals surface area contributed by atoms with E-state index in [1.54, 1.807) is 17.7 Å². The van der Waals surface area contributed by atoms with E-state index >= 15 is 0 Å². The van der Waals surface area contributed by atoms with Crippen molar-refractivity contribution in [1.29, 1.82) is 0 Å². The molecule has 0 unspecified atom stereocenters. The molecule has 1 aliphatic heterocycles. The summed E-state index contributed by atoms with van der Waals surface area (Å²) >= 11 is -0.463. The molecule has 0 fully saturated rings. The van der Waals surface area contributed by atoms with Gasteiger partial charge >= 0.3 is 109 Å². The van der Waals surface area contributed by atoms with Crippen LogP contribution in [-0.2, 0) is 23.2 Å². The summed E-state index contributed by atoms with van der Waals surface area (Å²) in [5.41, 5.74) is 3.22. The zero-order valence-corrected chi connectivity index (χ0v) is 14.3. The van der Waals surface area contributed by atoms with E-state index in [1.165, 1.54) is 12.8 Å². The first-order chi connectivity index (χ1) is 7.75. The zero-order chi connectivity index (χ0) is 11.2. The number of rotatable bonds is 2. The molecule has 0 spiro atoms. The Balaban J connectivity index is 0.000000810. The van der Waals surface area contributed by atoms with Crippen LogP contribution in [0.2, 0.25) is 0 Å². The molecule has 0 atom stereocenters. The summed E-state index contributed by atoms with van der Waals surface area (Å²) < 4.78 is 3.50. The second-order valence-corrected chi connectivity index (χ2v) is 8.51. The molecule has 96 valence electrons. The smallest absolute Gasteiger partial charge is 1.00 e. The first kappa shape index (κ1) is 16.4. The van der Waals surface area contributed by atoms with Gasteiger partial charge in [-0.3, -0.25) is 0 Å². The summed E-state index contributed by atoms with van der Waals surface area (Å²) in [7, 11) is 0. The van der Waals surface area contributed by atoms with E-state index in [0.29, 0.717) is 0 Å². The normalized spacial score (nSPS) is 21.7. The van der Waals surface area contributed by atoms with Gasteiger partial charge in [0.05, 0.1) is 0 Å². The summed E-state index contributed by atoms with van der Waals surface area (Å²) in [6.45, 7) is 2.61. The summed E-state index contributed by atoms with van der Waals surface area (Å²) in [5.74, 6) is 0. The number of hydrogen-bond donors (Lipinski definition) is 1. The molecule has 0 saturated heterocycles. The van der Waals surface area contributed by atoms with Crippen molar-refractivity contribution < 1.29 is 53.2 Å². The number of aliphatic hydroxyl groups excluding tert-OH is 1. The minimum absolute atomic E-state index is 0. The van der Waals surface area contributed by atoms with Gasteiger partial charge in [0, 0.05) is 0 Å². The average molecular weight is 362 g/mol. The Morgan fingerprint density at radius 2 is 1.61 bits per heavy atom. The molecule has 3 rings (SSSR count). The van der Waals surface area contributed by atoms with E-state index in [4.69, 9.17) is 0 Å². The van der Waals surface area contributed by atoms with E-state index in [-0.39, 0.29) is 36.8 Å². The molecule has 4 heteroatoms. The van der Waals surface area contributed by atoms with Gasteiger partial charge in [0.15, 0.2) is 0 Å². The maximum atomic E-state index is 9.34. The Morgan fingerprint density at radius 1 is 1.11 bits per heavy atom. The third-order valence-corrected chi connectivity index (χ3v) is 7.78. The van der Waals surface area contributed by atoms with E-state index in [9.17, 15) is 5.11 Å². The van der Waals surface area contributed by atoms with Crippen molar-refractivity contribution >= 4 is 0 Å². The molecular formula is C14H16Cl2OZr. The van der Waals surface area contributed by atoms with Gasteiger partial charge in [-0.2, -0.15) is 0 Å². The van der Waals surface area contributed by atoms with Crippen LogP contribution in [0.1, 0.15) is 26.2 Å². The zero-order valence-electron chi connectivity index (χ0n) is 10.3. The van der Waals surface area contributed by atoms with E-state index in [1.807, 2.05) is 0 Å². The van der Waals surface area contributed by atoms with Crippen molar-refractivity contribution in [1.82, 2.24) is 0 Å². The standard InChI is InChI=1S/C14H16O.2ClH.Zr/c1-14(10-11-15,12-6-2-3-7-12)13-8-4-5-9-13;;;/h2,4,6,8,15H,3,5,10-11H2,1H3;2*1H;/q;;;+2/p-2. The molecule has 0 bridgehead atoms. The molecule has 0 amide bonds. The van der Waals surface area contributed by atoms with E-state index in [0.717, 1.165) is 6.42 Å². The van der Waals surface area contributed by atoms with Gasteiger partial charge in [-0.15, -0.1) is 0 Å². The molecule has 1 nitrogen and oxygen atoms in total. The molecule has 0 aromatic rings. The number of aliphatic hydroxyl groups is 1. The fraction of sp³-hybridized carbons (Fsp3) is 0.429. The maximum Gasteiger partial charge on any atom is -1.00 e. The van der Waals surface area contributed by atoms with Crippen LogP contribution in [0.5, 0.6) is 0 Å². The fourth-order valence-electron chi connectivity index (χ4n) is 3.10. The van der Waals surface area contributed by atoms with E-state index in [2.05, 4.69) is 31.2 Å². The van der Waals surface area contributed by atoms with Crippen LogP contribution in [0.25, 0.3) is 0 Å². The van der Waals surface area contributed by atoms with Crippen molar-refractivity contribution in [3.63, 3.8) is 0 Å². The molecule has 0 saturated carbocycles. The van der Waals surface area contributed by atoms with Gasteiger partial charge < -0.3 is 24.8 Å². The Kier molecular flexibility index (Phi) is 5.68. The summed E-state index contributed by atoms with van der Waals surface area (Å²) in [6, 6.07) is 0. The SMILES string of the molecule is CC1(CCO)C2=[C](CC=C2)[Zr+2][C]2=C1C=CC2.[Cl-].[Cl-]. The Morgan fingerprint density at radius 3 is 2.06 bits per heavy atom. The van der Waals surface area contributed by atoms with Crippen LogP contribution in [0.3, 0.4) is 0 Å². The minimum Gasteiger partial charge on any atom is -1.00 e. The van der Waals surface area contributed by atoms with Gasteiger partial charge in [0.2, 0.25) is 0 Å². The number of allylic oxidation sites excluding steroid dienone is 8. The van der Waals surface area contributed by atoms with Crippen molar-refractivity contribution in [3.05, 3.63) is 42.0 Å². The van der Waals surface area contributed by atoms with E-state index < -0.39 is 23.2 Å². The molecule has 1 N–H and O–H groups in total. The molecule has 3 aliphatic rings. The summed E-state index contributed by atoms with van der Waals surface area (Å²) in [4.78, 5) is 0. The number of hydrogen-bond acceptors (Lipinski definition) is 1. The first-order valence-corrected chi connectivity index (χ1v) is 8.40. The van der Waals surface area contributed by atoms with Crippen molar-refractivity contribution in [2.45, 2.75) is 26.2 Å². The monoisotopic (exact) mass is 360 g/mol. The third-order valence-electron chi connectivity index (χ3n) is 3.97. The number of halogens is 2. The van der Waals surface area contributed by atoms with Gasteiger partial charge in [0.25, 0.3) is 0 Å². The minimum atomic E-state index is -0.463. The first-order valence-electron chi connectivity index (χ1n) is 5.94. The van der Waals surface area contributed by atoms with Crippen LogP contribution in [-0.4, -0.2) is 11.7 Å². The van der Waals surface area contributed by atoms with Gasteiger partial charge in [-0.1, -0.05) is 0 Å². The second-order valence-electron chi connectivity index (χ2n) is 4.93. The molecule has 0 aromatic carbocycles. The maximum absolute atomic E-state index is 9.34. The van der Waals surface area contributed by atoms with Crippen molar-refractivity contribution in [2.75, 3.05) is 6.61 Å². The summed E-state index contributed by atoms with van der Waals surface area (Å²) in [6.07, 6.45) is 12.5. The van der Waals surface area contributed by atoms with Gasteiger partial charge in [-0.25, -0.2) is 0 Å². The molecule has 1 heterocycles. The molecular weight excluding hydrogens is 346 g/mol. The van der Waals surface area contributed by atoms with Crippen LogP contribution < -0.4 is 24.8 Å². The van der Waals surface area contributed by atoms with Crippen LogP contribution in [0, 0.1) is 5.41 Å². The topological polar surface area (TPSA) is 20.2 Å². The fourth-order valence-corrected chi connectivity index (χ4v) is 7.51. The average Bonchev–Trinajstić information content (AvgIpc) is 2.86. The van der Waals surface area contributed by atoms with Gasteiger partial charge in [-0.05, 0) is 0 Å². The predicted molar refractivity (Wildman–Crippen MR) is 61.4 cm³/mol. The summed E-state index contributed by atoms with van der Waals surface area (Å²) in [5, 5.41) is 9.34. The largest absolute Gasteiger partial charge is 1.00 e. The quantitative estimate of drug-likeness (QED) is 0.552. The van der Waals surface area contributed by atoms with Crippen LogP contribution >= 0.6 is 0 Å². The predicted octanol–water partition coefficient (Wildman–Crippen LogP) is -3.09. The Labute approximate surface area is 133 Å². The van der Waals surface area contributed by atoms with Crippen LogP contribution in [0.15, 0.2) is 42.0 Å². The molecule has 0 radical (unpaired) electrons. The Bertz CT molecular complexity index is 424. The molecule has 18 heavy (non-hydrogen) atoms. The molecule has 2 aliphatic carbocycles. The second kappa shape index (κ2) is 6.22. The van der Waals surface area contributed by atoms with Crippen molar-refractivity contribution in [2.24, 2.45) is 5.41 Å².